The topological polar surface area (TPSA) is 65.1 Å². The fraction of sp³-hybridized carbons (Fsp3) is 0.364. The van der Waals surface area contributed by atoms with Gasteiger partial charge in [-0.15, -0.1) is 5.06 Å². The van der Waals surface area contributed by atoms with Crippen molar-refractivity contribution in [1.82, 2.24) is 5.06 Å². The van der Waals surface area contributed by atoms with Crippen molar-refractivity contribution in [3.8, 4) is 5.75 Å². The van der Waals surface area contributed by atoms with E-state index in [1.807, 2.05) is 12.1 Å². The Hall–Kier alpha value is -2.70. The van der Waals surface area contributed by atoms with Crippen LogP contribution >= 0.6 is 0 Å². The number of ether oxygens (including phenoxy) is 2. The van der Waals surface area contributed by atoms with Crippen LogP contribution in [-0.4, -0.2) is 36.4 Å². The third kappa shape index (κ3) is 4.40. The molecular weight excluding hydrogens is 358 g/mol. The Kier molecular flexibility index (Phi) is 6.44. The SMILES string of the molecule is CCC(C)c1ccc(OC(C)OCCON2C(=O)c3ccccc3C2=O)cc1. The largest absolute Gasteiger partial charge is 0.465 e. The first kappa shape index (κ1) is 20.0. The van der Waals surface area contributed by atoms with Gasteiger partial charge in [0.2, 0.25) is 0 Å². The molecule has 2 aromatic rings. The number of hydroxylamine groups is 2. The molecule has 0 saturated carbocycles. The highest BCUT2D eigenvalue weighted by Crippen LogP contribution is 2.23. The summed E-state index contributed by atoms with van der Waals surface area (Å²) in [5.41, 5.74) is 1.98. The van der Waals surface area contributed by atoms with Gasteiger partial charge in [0.1, 0.15) is 5.75 Å². The zero-order valence-corrected chi connectivity index (χ0v) is 16.4. The molecule has 0 spiro atoms. The molecule has 0 N–H and O–H groups in total. The number of amides is 2. The summed E-state index contributed by atoms with van der Waals surface area (Å²) in [6.07, 6.45) is 0.604. The van der Waals surface area contributed by atoms with Gasteiger partial charge in [-0.2, -0.15) is 0 Å². The van der Waals surface area contributed by atoms with Gasteiger partial charge in [-0.05, 0) is 49.1 Å². The van der Waals surface area contributed by atoms with Crippen molar-refractivity contribution < 1.29 is 23.9 Å². The van der Waals surface area contributed by atoms with Crippen LogP contribution in [0, 0.1) is 0 Å². The molecule has 2 unspecified atom stereocenters. The maximum atomic E-state index is 12.2. The number of hydrogen-bond donors (Lipinski definition) is 0. The summed E-state index contributed by atoms with van der Waals surface area (Å²) >= 11 is 0. The Balaban J connectivity index is 1.42. The van der Waals surface area contributed by atoms with Crippen LogP contribution in [0.5, 0.6) is 5.75 Å². The standard InChI is InChI=1S/C22H25NO5/c1-4-15(2)17-9-11-18(12-10-17)28-16(3)26-13-14-27-23-21(24)19-7-5-6-8-20(19)22(23)25/h5-12,15-16H,4,13-14H2,1-3H3. The Bertz CT molecular complexity index is 798. The molecule has 0 aromatic heterocycles. The molecule has 0 radical (unpaired) electrons. The Morgan fingerprint density at radius 1 is 0.893 bits per heavy atom. The maximum absolute atomic E-state index is 12.2. The van der Waals surface area contributed by atoms with E-state index in [2.05, 4.69) is 26.0 Å². The van der Waals surface area contributed by atoms with Crippen LogP contribution in [0.4, 0.5) is 0 Å². The molecule has 6 nitrogen and oxygen atoms in total. The van der Waals surface area contributed by atoms with Gasteiger partial charge in [0.05, 0.1) is 24.3 Å². The Morgan fingerprint density at radius 2 is 1.50 bits per heavy atom. The van der Waals surface area contributed by atoms with E-state index in [-0.39, 0.29) is 13.2 Å². The van der Waals surface area contributed by atoms with Crippen LogP contribution in [0.25, 0.3) is 0 Å². The molecule has 6 heteroatoms. The first-order valence-electron chi connectivity index (χ1n) is 9.50. The molecule has 2 amide bonds. The summed E-state index contributed by atoms with van der Waals surface area (Å²) in [5.74, 6) is 0.334. The van der Waals surface area contributed by atoms with Crippen molar-refractivity contribution in [2.24, 2.45) is 0 Å². The molecule has 1 heterocycles. The molecule has 0 bridgehead atoms. The van der Waals surface area contributed by atoms with Crippen molar-refractivity contribution in [1.29, 1.82) is 0 Å². The van der Waals surface area contributed by atoms with Crippen LogP contribution in [0.1, 0.15) is 59.4 Å². The quantitative estimate of drug-likeness (QED) is 0.369. The van der Waals surface area contributed by atoms with Gasteiger partial charge in [-0.3, -0.25) is 14.4 Å². The van der Waals surface area contributed by atoms with Crippen LogP contribution < -0.4 is 4.74 Å². The molecule has 3 rings (SSSR count). The molecule has 1 aliphatic heterocycles. The zero-order chi connectivity index (χ0) is 20.1. The van der Waals surface area contributed by atoms with Crippen molar-refractivity contribution >= 4 is 11.8 Å². The minimum absolute atomic E-state index is 0.0616. The first-order chi connectivity index (χ1) is 13.5. The molecule has 148 valence electrons. The number of carbonyl (C=O) groups excluding carboxylic acids is 2. The third-order valence-corrected chi connectivity index (χ3v) is 4.78. The highest BCUT2D eigenvalue weighted by Gasteiger charge is 2.36. The number of hydrogen-bond acceptors (Lipinski definition) is 5. The van der Waals surface area contributed by atoms with Crippen LogP contribution in [0.15, 0.2) is 48.5 Å². The van der Waals surface area contributed by atoms with Gasteiger partial charge in [0.15, 0.2) is 6.29 Å². The predicted molar refractivity (Wildman–Crippen MR) is 104 cm³/mol. The van der Waals surface area contributed by atoms with Gasteiger partial charge in [0.25, 0.3) is 11.8 Å². The second kappa shape index (κ2) is 8.99. The summed E-state index contributed by atoms with van der Waals surface area (Å²) in [6, 6.07) is 14.6. The van der Waals surface area contributed by atoms with E-state index < -0.39 is 18.1 Å². The van der Waals surface area contributed by atoms with Crippen molar-refractivity contribution in [3.63, 3.8) is 0 Å². The average molecular weight is 383 g/mol. The van der Waals surface area contributed by atoms with E-state index in [1.165, 1.54) is 5.56 Å². The van der Waals surface area contributed by atoms with Crippen molar-refractivity contribution in [2.45, 2.75) is 39.4 Å². The molecule has 2 aromatic carbocycles. The summed E-state index contributed by atoms with van der Waals surface area (Å²) in [5, 5.41) is 0.785. The Morgan fingerprint density at radius 3 is 2.07 bits per heavy atom. The first-order valence-corrected chi connectivity index (χ1v) is 9.50. The summed E-state index contributed by atoms with van der Waals surface area (Å²) in [6.45, 7) is 6.38. The fourth-order valence-corrected chi connectivity index (χ4v) is 2.96. The van der Waals surface area contributed by atoms with E-state index in [1.54, 1.807) is 31.2 Å². The number of rotatable bonds is 9. The van der Waals surface area contributed by atoms with Crippen molar-refractivity contribution in [3.05, 3.63) is 65.2 Å². The number of nitrogens with zero attached hydrogens (tertiary/aromatic N) is 1. The summed E-state index contributed by atoms with van der Waals surface area (Å²) < 4.78 is 11.3. The zero-order valence-electron chi connectivity index (χ0n) is 16.4. The minimum atomic E-state index is -0.486. The third-order valence-electron chi connectivity index (χ3n) is 4.78. The van der Waals surface area contributed by atoms with Gasteiger partial charge >= 0.3 is 0 Å². The average Bonchev–Trinajstić information content (AvgIpc) is 2.96. The molecule has 0 aliphatic carbocycles. The maximum Gasteiger partial charge on any atom is 0.285 e. The molecule has 2 atom stereocenters. The molecule has 28 heavy (non-hydrogen) atoms. The van der Waals surface area contributed by atoms with E-state index in [0.29, 0.717) is 17.0 Å². The lowest BCUT2D eigenvalue weighted by Gasteiger charge is -2.18. The van der Waals surface area contributed by atoms with Crippen molar-refractivity contribution in [2.75, 3.05) is 13.2 Å². The second-order valence-electron chi connectivity index (χ2n) is 6.72. The van der Waals surface area contributed by atoms with Crippen LogP contribution in [0.3, 0.4) is 0 Å². The molecular formula is C22H25NO5. The highest BCUT2D eigenvalue weighted by molar-refractivity contribution is 6.20. The number of carbonyl (C=O) groups is 2. The highest BCUT2D eigenvalue weighted by atomic mass is 16.7. The second-order valence-corrected chi connectivity index (χ2v) is 6.72. The molecule has 0 fully saturated rings. The van der Waals surface area contributed by atoms with Gasteiger partial charge in [-0.1, -0.05) is 38.1 Å². The van der Waals surface area contributed by atoms with E-state index in [0.717, 1.165) is 17.2 Å². The van der Waals surface area contributed by atoms with Crippen LogP contribution in [0.2, 0.25) is 0 Å². The number of fused-ring (bicyclic) bond motifs is 1. The molecule has 1 aliphatic rings. The van der Waals surface area contributed by atoms with Gasteiger partial charge in [-0.25, -0.2) is 0 Å². The van der Waals surface area contributed by atoms with Gasteiger partial charge < -0.3 is 9.47 Å². The van der Waals surface area contributed by atoms with E-state index in [4.69, 9.17) is 14.3 Å². The predicted octanol–water partition coefficient (Wildman–Crippen LogP) is 4.17. The van der Waals surface area contributed by atoms with E-state index in [9.17, 15) is 9.59 Å². The lowest BCUT2D eigenvalue weighted by atomic mass is 9.99. The molecule has 0 saturated heterocycles. The fourth-order valence-electron chi connectivity index (χ4n) is 2.96. The number of benzene rings is 2. The summed E-state index contributed by atoms with van der Waals surface area (Å²) in [7, 11) is 0. The van der Waals surface area contributed by atoms with Gasteiger partial charge in [0, 0.05) is 0 Å². The van der Waals surface area contributed by atoms with Crippen LogP contribution in [-0.2, 0) is 9.57 Å². The minimum Gasteiger partial charge on any atom is -0.465 e. The van der Waals surface area contributed by atoms with E-state index >= 15 is 0 Å². The monoisotopic (exact) mass is 383 g/mol. The normalized spacial score (nSPS) is 15.5. The number of imide groups is 1. The smallest absolute Gasteiger partial charge is 0.285 e. The summed E-state index contributed by atoms with van der Waals surface area (Å²) in [4.78, 5) is 29.7. The Labute approximate surface area is 165 Å². The lowest BCUT2D eigenvalue weighted by molar-refractivity contribution is -0.133. The lowest BCUT2D eigenvalue weighted by Crippen LogP contribution is -2.32.